The molecule has 0 radical (unpaired) electrons. The van der Waals surface area contributed by atoms with Gasteiger partial charge in [0.25, 0.3) is 11.8 Å². The Balaban J connectivity index is 1.26. The minimum Gasteiger partial charge on any atom is -0.459 e. The molecule has 27 heavy (non-hydrogen) atoms. The van der Waals surface area contributed by atoms with Crippen LogP contribution in [0.1, 0.15) is 42.3 Å². The number of rotatable bonds is 5. The van der Waals surface area contributed by atoms with Crippen molar-refractivity contribution in [3.05, 3.63) is 36.4 Å². The molecule has 2 aromatic rings. The first kappa shape index (κ1) is 17.8. The predicted molar refractivity (Wildman–Crippen MR) is 98.5 cm³/mol. The molecule has 2 aromatic heterocycles. The monoisotopic (exact) mass is 372 g/mol. The standard InChI is InChI=1S/C19H25N5O3/c25-18(21-17-7-8-20-24(17)15-4-1-2-5-15)14-22-9-11-23(12-10-22)19(26)16-6-3-13-27-16/h3,6-8,13,15H,1-2,4-5,9-12,14H2,(H,21,25)/p+1. The molecular weight excluding hydrogens is 346 g/mol. The SMILES string of the molecule is O=C(C[NH+]1CCN(C(=O)c2ccco2)CC1)Nc1ccnn1C1CCCC1. The summed E-state index contributed by atoms with van der Waals surface area (Å²) in [6.07, 6.45) is 7.96. The number of carbonyl (C=O) groups is 2. The maximum absolute atomic E-state index is 12.5. The number of nitrogens with one attached hydrogen (secondary N) is 2. The number of hydrogen-bond acceptors (Lipinski definition) is 4. The van der Waals surface area contributed by atoms with Gasteiger partial charge in [-0.05, 0) is 25.0 Å². The van der Waals surface area contributed by atoms with Gasteiger partial charge >= 0.3 is 0 Å². The fraction of sp³-hybridized carbons (Fsp3) is 0.526. The minimum atomic E-state index is -0.0797. The molecule has 1 aliphatic heterocycles. The molecule has 3 heterocycles. The Labute approximate surface area is 158 Å². The highest BCUT2D eigenvalue weighted by Gasteiger charge is 2.27. The molecular formula is C19H26N5O3+. The van der Waals surface area contributed by atoms with Gasteiger partial charge in [0.05, 0.1) is 44.7 Å². The van der Waals surface area contributed by atoms with Crippen molar-refractivity contribution in [3.8, 4) is 0 Å². The molecule has 1 saturated heterocycles. The second kappa shape index (κ2) is 7.96. The molecule has 0 spiro atoms. The van der Waals surface area contributed by atoms with Gasteiger partial charge in [-0.25, -0.2) is 4.68 Å². The van der Waals surface area contributed by atoms with Gasteiger partial charge in [-0.3, -0.25) is 9.59 Å². The summed E-state index contributed by atoms with van der Waals surface area (Å²) in [5.74, 6) is 1.08. The van der Waals surface area contributed by atoms with E-state index in [0.29, 0.717) is 31.4 Å². The summed E-state index contributed by atoms with van der Waals surface area (Å²) >= 11 is 0. The Morgan fingerprint density at radius 3 is 2.70 bits per heavy atom. The van der Waals surface area contributed by atoms with E-state index < -0.39 is 0 Å². The van der Waals surface area contributed by atoms with Crippen molar-refractivity contribution in [3.63, 3.8) is 0 Å². The number of anilines is 1. The molecule has 0 atom stereocenters. The van der Waals surface area contributed by atoms with Crippen molar-refractivity contribution in [2.24, 2.45) is 0 Å². The smallest absolute Gasteiger partial charge is 0.289 e. The topological polar surface area (TPSA) is 84.8 Å². The quantitative estimate of drug-likeness (QED) is 0.804. The highest BCUT2D eigenvalue weighted by Crippen LogP contribution is 2.31. The summed E-state index contributed by atoms with van der Waals surface area (Å²) in [4.78, 5) is 27.7. The van der Waals surface area contributed by atoms with Crippen LogP contribution in [0, 0.1) is 0 Å². The first-order valence-electron chi connectivity index (χ1n) is 9.70. The van der Waals surface area contributed by atoms with E-state index >= 15 is 0 Å². The number of hydrogen-bond donors (Lipinski definition) is 2. The molecule has 2 N–H and O–H groups in total. The van der Waals surface area contributed by atoms with Crippen LogP contribution >= 0.6 is 0 Å². The van der Waals surface area contributed by atoms with Crippen LogP contribution in [0.15, 0.2) is 35.1 Å². The zero-order valence-corrected chi connectivity index (χ0v) is 15.4. The fourth-order valence-corrected chi connectivity index (χ4v) is 4.03. The van der Waals surface area contributed by atoms with Gasteiger partial charge < -0.3 is 19.5 Å². The third kappa shape index (κ3) is 4.05. The van der Waals surface area contributed by atoms with E-state index in [1.165, 1.54) is 24.0 Å². The number of piperazine rings is 1. The van der Waals surface area contributed by atoms with E-state index in [4.69, 9.17) is 4.42 Å². The molecule has 1 saturated carbocycles. The van der Waals surface area contributed by atoms with Gasteiger partial charge in [-0.2, -0.15) is 5.10 Å². The van der Waals surface area contributed by atoms with Crippen LogP contribution < -0.4 is 10.2 Å². The highest BCUT2D eigenvalue weighted by molar-refractivity contribution is 5.91. The van der Waals surface area contributed by atoms with Crippen LogP contribution in [0.2, 0.25) is 0 Å². The Hall–Kier alpha value is -2.61. The number of nitrogens with zero attached hydrogens (tertiary/aromatic N) is 3. The van der Waals surface area contributed by atoms with Crippen molar-refractivity contribution >= 4 is 17.6 Å². The Bertz CT molecular complexity index is 771. The molecule has 4 rings (SSSR count). The first-order valence-corrected chi connectivity index (χ1v) is 9.70. The lowest BCUT2D eigenvalue weighted by molar-refractivity contribution is -0.895. The molecule has 8 heteroatoms. The summed E-state index contributed by atoms with van der Waals surface area (Å²) in [6, 6.07) is 5.67. The van der Waals surface area contributed by atoms with Crippen molar-refractivity contribution < 1.29 is 18.9 Å². The van der Waals surface area contributed by atoms with Gasteiger partial charge in [-0.15, -0.1) is 0 Å². The molecule has 0 unspecified atom stereocenters. The molecule has 2 aliphatic rings. The summed E-state index contributed by atoms with van der Waals surface area (Å²) in [5.41, 5.74) is 0. The average Bonchev–Trinajstić information content (AvgIpc) is 3.43. The average molecular weight is 372 g/mol. The Morgan fingerprint density at radius 1 is 1.22 bits per heavy atom. The first-order chi connectivity index (χ1) is 13.2. The Morgan fingerprint density at radius 2 is 2.00 bits per heavy atom. The van der Waals surface area contributed by atoms with Gasteiger partial charge in [0, 0.05) is 6.07 Å². The Kier molecular flexibility index (Phi) is 5.24. The van der Waals surface area contributed by atoms with Crippen LogP contribution in [0.5, 0.6) is 0 Å². The minimum absolute atomic E-state index is 0.00411. The molecule has 0 bridgehead atoms. The second-order valence-corrected chi connectivity index (χ2v) is 7.34. The van der Waals surface area contributed by atoms with E-state index in [0.717, 1.165) is 31.7 Å². The van der Waals surface area contributed by atoms with Crippen molar-refractivity contribution in [2.45, 2.75) is 31.7 Å². The lowest BCUT2D eigenvalue weighted by Gasteiger charge is -2.31. The largest absolute Gasteiger partial charge is 0.459 e. The van der Waals surface area contributed by atoms with Crippen LogP contribution in [-0.4, -0.2) is 59.2 Å². The molecule has 2 amide bonds. The number of carbonyl (C=O) groups excluding carboxylic acids is 2. The summed E-state index contributed by atoms with van der Waals surface area (Å²) in [7, 11) is 0. The zero-order chi connectivity index (χ0) is 18.6. The van der Waals surface area contributed by atoms with E-state index in [9.17, 15) is 9.59 Å². The third-order valence-electron chi connectivity index (χ3n) is 5.51. The highest BCUT2D eigenvalue weighted by atomic mass is 16.3. The van der Waals surface area contributed by atoms with E-state index in [2.05, 4.69) is 10.4 Å². The normalized spacial score (nSPS) is 18.7. The van der Waals surface area contributed by atoms with Gasteiger partial charge in [-0.1, -0.05) is 12.8 Å². The van der Waals surface area contributed by atoms with E-state index in [1.807, 2.05) is 10.7 Å². The van der Waals surface area contributed by atoms with Crippen LogP contribution in [0.25, 0.3) is 0 Å². The van der Waals surface area contributed by atoms with Crippen LogP contribution in [0.3, 0.4) is 0 Å². The number of amides is 2. The van der Waals surface area contributed by atoms with Crippen LogP contribution in [0.4, 0.5) is 5.82 Å². The molecule has 0 aromatic carbocycles. The maximum Gasteiger partial charge on any atom is 0.289 e. The van der Waals surface area contributed by atoms with Crippen molar-refractivity contribution in [1.82, 2.24) is 14.7 Å². The molecule has 144 valence electrons. The molecule has 1 aliphatic carbocycles. The summed E-state index contributed by atoms with van der Waals surface area (Å²) in [5, 5.41) is 7.41. The fourth-order valence-electron chi connectivity index (χ4n) is 4.03. The van der Waals surface area contributed by atoms with Gasteiger partial charge in [0.1, 0.15) is 5.82 Å². The second-order valence-electron chi connectivity index (χ2n) is 7.34. The maximum atomic E-state index is 12.5. The van der Waals surface area contributed by atoms with Crippen molar-refractivity contribution in [1.29, 1.82) is 0 Å². The van der Waals surface area contributed by atoms with E-state index in [1.54, 1.807) is 23.2 Å². The van der Waals surface area contributed by atoms with Gasteiger partial charge in [0.15, 0.2) is 12.3 Å². The number of aromatic nitrogens is 2. The van der Waals surface area contributed by atoms with Gasteiger partial charge in [0.2, 0.25) is 0 Å². The number of quaternary nitrogens is 1. The lowest BCUT2D eigenvalue weighted by Crippen LogP contribution is -3.15. The van der Waals surface area contributed by atoms with E-state index in [-0.39, 0.29) is 11.8 Å². The van der Waals surface area contributed by atoms with Crippen molar-refractivity contribution in [2.75, 3.05) is 38.0 Å². The predicted octanol–water partition coefficient (Wildman–Crippen LogP) is 0.571. The summed E-state index contributed by atoms with van der Waals surface area (Å²) in [6.45, 7) is 3.16. The molecule has 2 fully saturated rings. The number of furan rings is 1. The third-order valence-corrected chi connectivity index (χ3v) is 5.51. The lowest BCUT2D eigenvalue weighted by atomic mass is 10.2. The van der Waals surface area contributed by atoms with Crippen LogP contribution in [-0.2, 0) is 4.79 Å². The zero-order valence-electron chi connectivity index (χ0n) is 15.4. The summed E-state index contributed by atoms with van der Waals surface area (Å²) < 4.78 is 7.14. The molecule has 8 nitrogen and oxygen atoms in total.